The van der Waals surface area contributed by atoms with E-state index in [9.17, 15) is 14.4 Å². The van der Waals surface area contributed by atoms with Crippen molar-refractivity contribution < 1.29 is 14.4 Å². The van der Waals surface area contributed by atoms with E-state index >= 15 is 0 Å². The van der Waals surface area contributed by atoms with Crippen LogP contribution in [0.2, 0.25) is 0 Å². The van der Waals surface area contributed by atoms with Crippen molar-refractivity contribution in [1.29, 1.82) is 5.26 Å². The maximum atomic E-state index is 12.9. The quantitative estimate of drug-likeness (QED) is 0.801. The molecule has 4 amide bonds. The third-order valence-electron chi connectivity index (χ3n) is 4.89. The maximum absolute atomic E-state index is 12.9. The van der Waals surface area contributed by atoms with Gasteiger partial charge in [0.15, 0.2) is 0 Å². The molecule has 1 fully saturated rings. The number of aryl methyl sites for hydroxylation is 2. The summed E-state index contributed by atoms with van der Waals surface area (Å²) >= 11 is 0. The van der Waals surface area contributed by atoms with Gasteiger partial charge >= 0.3 is 6.03 Å². The second-order valence-corrected chi connectivity index (χ2v) is 6.95. The second kappa shape index (κ2) is 7.16. The van der Waals surface area contributed by atoms with Gasteiger partial charge in [0.1, 0.15) is 12.1 Å². The molecule has 0 spiro atoms. The average molecular weight is 376 g/mol. The minimum atomic E-state index is -1.33. The number of nitrogens with one attached hydrogen (secondary N) is 2. The number of anilines is 1. The van der Waals surface area contributed by atoms with Crippen LogP contribution in [0.4, 0.5) is 10.5 Å². The van der Waals surface area contributed by atoms with Crippen LogP contribution in [0.5, 0.6) is 0 Å². The SMILES string of the molecule is Cc1cccc(C)c1NC(=O)CN1C(=O)N[C@@](C)(c2cccc(C#N)c2)C1=O. The van der Waals surface area contributed by atoms with Gasteiger partial charge in [-0.2, -0.15) is 5.26 Å². The fourth-order valence-corrected chi connectivity index (χ4v) is 3.27. The van der Waals surface area contributed by atoms with Gasteiger partial charge in [-0.1, -0.05) is 30.3 Å². The van der Waals surface area contributed by atoms with E-state index in [0.717, 1.165) is 16.0 Å². The van der Waals surface area contributed by atoms with E-state index in [1.54, 1.807) is 31.2 Å². The van der Waals surface area contributed by atoms with Crippen molar-refractivity contribution in [2.75, 3.05) is 11.9 Å². The molecule has 2 aromatic rings. The molecule has 1 saturated heterocycles. The molecular formula is C21H20N4O3. The summed E-state index contributed by atoms with van der Waals surface area (Å²) in [5.41, 5.74) is 1.99. The summed E-state index contributed by atoms with van der Waals surface area (Å²) in [5.74, 6) is -1.000. The Balaban J connectivity index is 1.80. The first kappa shape index (κ1) is 19.1. The van der Waals surface area contributed by atoms with Gasteiger partial charge < -0.3 is 10.6 Å². The van der Waals surface area contributed by atoms with Crippen molar-refractivity contribution in [2.24, 2.45) is 0 Å². The monoisotopic (exact) mass is 376 g/mol. The fourth-order valence-electron chi connectivity index (χ4n) is 3.27. The Kier molecular flexibility index (Phi) is 4.89. The summed E-state index contributed by atoms with van der Waals surface area (Å²) in [5, 5.41) is 14.5. The van der Waals surface area contributed by atoms with E-state index in [1.165, 1.54) is 0 Å². The van der Waals surface area contributed by atoms with E-state index in [1.807, 2.05) is 38.1 Å². The van der Waals surface area contributed by atoms with Gasteiger partial charge in [-0.15, -0.1) is 0 Å². The first-order chi connectivity index (χ1) is 13.3. The highest BCUT2D eigenvalue weighted by Crippen LogP contribution is 2.29. The zero-order chi connectivity index (χ0) is 20.5. The van der Waals surface area contributed by atoms with Crippen LogP contribution >= 0.6 is 0 Å². The number of benzene rings is 2. The van der Waals surface area contributed by atoms with Crippen LogP contribution in [0.15, 0.2) is 42.5 Å². The molecule has 1 aliphatic heterocycles. The molecule has 2 N–H and O–H groups in total. The zero-order valence-corrected chi connectivity index (χ0v) is 15.9. The Bertz CT molecular complexity index is 1000. The smallest absolute Gasteiger partial charge is 0.324 e. The number of carbonyl (C=O) groups excluding carboxylic acids is 3. The topological polar surface area (TPSA) is 102 Å². The molecule has 7 nitrogen and oxygen atoms in total. The van der Waals surface area contributed by atoms with Gasteiger partial charge in [-0.25, -0.2) is 4.79 Å². The Morgan fingerprint density at radius 1 is 1.18 bits per heavy atom. The highest BCUT2D eigenvalue weighted by atomic mass is 16.2. The number of carbonyl (C=O) groups is 3. The lowest BCUT2D eigenvalue weighted by Crippen LogP contribution is -2.42. The number of amides is 4. The molecular weight excluding hydrogens is 356 g/mol. The van der Waals surface area contributed by atoms with Gasteiger partial charge in [-0.05, 0) is 49.6 Å². The number of para-hydroxylation sites is 1. The maximum Gasteiger partial charge on any atom is 0.325 e. The summed E-state index contributed by atoms with van der Waals surface area (Å²) in [4.78, 5) is 38.7. The first-order valence-corrected chi connectivity index (χ1v) is 8.77. The van der Waals surface area contributed by atoms with E-state index in [0.29, 0.717) is 16.8 Å². The number of rotatable bonds is 4. The number of hydrogen-bond acceptors (Lipinski definition) is 4. The van der Waals surface area contributed by atoms with Crippen molar-refractivity contribution in [2.45, 2.75) is 26.3 Å². The van der Waals surface area contributed by atoms with Crippen LogP contribution in [0.3, 0.4) is 0 Å². The molecule has 0 aliphatic carbocycles. The molecule has 0 aromatic heterocycles. The van der Waals surface area contributed by atoms with E-state index < -0.39 is 29.9 Å². The van der Waals surface area contributed by atoms with Crippen molar-refractivity contribution in [3.05, 3.63) is 64.7 Å². The first-order valence-electron chi connectivity index (χ1n) is 8.77. The molecule has 1 aliphatic rings. The minimum absolute atomic E-state index is 0.381. The summed E-state index contributed by atoms with van der Waals surface area (Å²) in [6.45, 7) is 4.91. The highest BCUT2D eigenvalue weighted by molar-refractivity contribution is 6.10. The normalized spacial score (nSPS) is 18.6. The molecule has 142 valence electrons. The largest absolute Gasteiger partial charge is 0.325 e. The van der Waals surface area contributed by atoms with E-state index in [-0.39, 0.29) is 0 Å². The standard InChI is InChI=1S/C21H20N4O3/c1-13-6-4-7-14(2)18(13)23-17(26)12-25-19(27)21(3,24-20(25)28)16-9-5-8-15(10-16)11-22/h4-10H,12H2,1-3H3,(H,23,26)(H,24,28)/t21-/m0/s1. The second-order valence-electron chi connectivity index (χ2n) is 6.95. The molecule has 28 heavy (non-hydrogen) atoms. The number of urea groups is 1. The zero-order valence-electron chi connectivity index (χ0n) is 15.9. The molecule has 0 unspecified atom stereocenters. The lowest BCUT2D eigenvalue weighted by atomic mass is 9.91. The highest BCUT2D eigenvalue weighted by Gasteiger charge is 2.49. The molecule has 0 radical (unpaired) electrons. The van der Waals surface area contributed by atoms with Crippen molar-refractivity contribution in [3.63, 3.8) is 0 Å². The molecule has 3 rings (SSSR count). The van der Waals surface area contributed by atoms with Crippen LogP contribution in [0.1, 0.15) is 29.2 Å². The fraction of sp³-hybridized carbons (Fsp3) is 0.238. The predicted molar refractivity (Wildman–Crippen MR) is 103 cm³/mol. The molecule has 0 bridgehead atoms. The molecule has 2 aromatic carbocycles. The minimum Gasteiger partial charge on any atom is -0.324 e. The summed E-state index contributed by atoms with van der Waals surface area (Å²) < 4.78 is 0. The van der Waals surface area contributed by atoms with Crippen LogP contribution in [-0.2, 0) is 15.1 Å². The van der Waals surface area contributed by atoms with Crippen LogP contribution in [0, 0.1) is 25.2 Å². The Morgan fingerprint density at radius 3 is 2.46 bits per heavy atom. The third-order valence-corrected chi connectivity index (χ3v) is 4.89. The number of nitriles is 1. The Morgan fingerprint density at radius 2 is 1.82 bits per heavy atom. The van der Waals surface area contributed by atoms with Gasteiger partial charge in [-0.3, -0.25) is 14.5 Å². The van der Waals surface area contributed by atoms with Gasteiger partial charge in [0, 0.05) is 5.69 Å². The summed E-state index contributed by atoms with van der Waals surface area (Å²) in [6, 6.07) is 13.5. The lowest BCUT2D eigenvalue weighted by Gasteiger charge is -2.22. The van der Waals surface area contributed by atoms with Crippen molar-refractivity contribution in [1.82, 2.24) is 10.2 Å². The van der Waals surface area contributed by atoms with Crippen LogP contribution in [0.25, 0.3) is 0 Å². The predicted octanol–water partition coefficient (Wildman–Crippen LogP) is 2.58. The average Bonchev–Trinajstić information content (AvgIpc) is 2.89. The molecule has 1 heterocycles. The third kappa shape index (κ3) is 3.32. The Labute approximate surface area is 163 Å². The van der Waals surface area contributed by atoms with Gasteiger partial charge in [0.2, 0.25) is 5.91 Å². The lowest BCUT2D eigenvalue weighted by molar-refractivity contribution is -0.133. The number of nitrogens with zero attached hydrogens (tertiary/aromatic N) is 2. The van der Waals surface area contributed by atoms with Crippen molar-refractivity contribution in [3.8, 4) is 6.07 Å². The van der Waals surface area contributed by atoms with E-state index in [2.05, 4.69) is 10.6 Å². The summed E-state index contributed by atoms with van der Waals surface area (Å²) in [7, 11) is 0. The van der Waals surface area contributed by atoms with E-state index in [4.69, 9.17) is 5.26 Å². The molecule has 1 atom stereocenters. The number of imide groups is 1. The van der Waals surface area contributed by atoms with Crippen LogP contribution < -0.4 is 10.6 Å². The summed E-state index contributed by atoms with van der Waals surface area (Å²) in [6.07, 6.45) is 0. The number of hydrogen-bond donors (Lipinski definition) is 2. The van der Waals surface area contributed by atoms with Gasteiger partial charge in [0.05, 0.1) is 11.6 Å². The molecule has 0 saturated carbocycles. The van der Waals surface area contributed by atoms with Gasteiger partial charge in [0.25, 0.3) is 5.91 Å². The molecule has 7 heteroatoms. The van der Waals surface area contributed by atoms with Crippen molar-refractivity contribution >= 4 is 23.5 Å². The Hall–Kier alpha value is -3.66. The van der Waals surface area contributed by atoms with Crippen LogP contribution in [-0.4, -0.2) is 29.3 Å².